The number of benzene rings is 1. The molecule has 3 unspecified atom stereocenters. The zero-order valence-corrected chi connectivity index (χ0v) is 12.8. The molecule has 3 heteroatoms. The first-order valence-electron chi connectivity index (χ1n) is 8.24. The van der Waals surface area contributed by atoms with Crippen molar-refractivity contribution in [2.45, 2.75) is 51.5 Å². The second kappa shape index (κ2) is 6.08. The van der Waals surface area contributed by atoms with Gasteiger partial charge in [0, 0.05) is 18.3 Å². The standard InChI is InChI=1S/C18H25NO2/c1-13-9-10-15(18(20)21)17(12-13)19-11-5-4-7-14-6-2-3-8-16(14)19/h2-3,6,8,13,15,17H,4-5,7,9-12H2,1H3,(H,20,21). The predicted octanol–water partition coefficient (Wildman–Crippen LogP) is 3.72. The molecule has 1 saturated carbocycles. The van der Waals surface area contributed by atoms with Gasteiger partial charge in [-0.15, -0.1) is 0 Å². The zero-order chi connectivity index (χ0) is 14.8. The predicted molar refractivity (Wildman–Crippen MR) is 84.7 cm³/mol. The molecule has 1 aromatic rings. The molecule has 1 heterocycles. The summed E-state index contributed by atoms with van der Waals surface area (Å²) in [7, 11) is 0. The number of hydrogen-bond donors (Lipinski definition) is 1. The van der Waals surface area contributed by atoms with Crippen LogP contribution in [0.3, 0.4) is 0 Å². The number of para-hydroxylation sites is 1. The molecule has 1 N–H and O–H groups in total. The summed E-state index contributed by atoms with van der Waals surface area (Å²) in [5.41, 5.74) is 2.66. The first-order chi connectivity index (χ1) is 10.2. The lowest BCUT2D eigenvalue weighted by molar-refractivity contribution is -0.143. The van der Waals surface area contributed by atoms with Gasteiger partial charge < -0.3 is 10.0 Å². The molecule has 3 atom stereocenters. The van der Waals surface area contributed by atoms with Crippen molar-refractivity contribution in [1.29, 1.82) is 0 Å². The Morgan fingerprint density at radius 3 is 2.86 bits per heavy atom. The fourth-order valence-corrected chi connectivity index (χ4v) is 4.05. The van der Waals surface area contributed by atoms with E-state index in [4.69, 9.17) is 0 Å². The van der Waals surface area contributed by atoms with Gasteiger partial charge in [0.2, 0.25) is 0 Å². The SMILES string of the molecule is CC1CCC(C(=O)O)C(N2CCCCc3ccccc32)C1. The minimum absolute atomic E-state index is 0.158. The summed E-state index contributed by atoms with van der Waals surface area (Å²) in [6, 6.07) is 8.72. The van der Waals surface area contributed by atoms with E-state index in [1.165, 1.54) is 17.7 Å². The van der Waals surface area contributed by atoms with Crippen LogP contribution in [0.4, 0.5) is 5.69 Å². The van der Waals surface area contributed by atoms with Gasteiger partial charge in [-0.3, -0.25) is 4.79 Å². The van der Waals surface area contributed by atoms with E-state index in [0.29, 0.717) is 5.92 Å². The molecular formula is C18H25NO2. The summed E-state index contributed by atoms with van der Waals surface area (Å²) in [6.07, 6.45) is 6.35. The Bertz CT molecular complexity index is 514. The quantitative estimate of drug-likeness (QED) is 0.901. The van der Waals surface area contributed by atoms with Crippen molar-refractivity contribution in [2.24, 2.45) is 11.8 Å². The molecule has 114 valence electrons. The number of rotatable bonds is 2. The first-order valence-corrected chi connectivity index (χ1v) is 8.24. The summed E-state index contributed by atoms with van der Waals surface area (Å²) in [6.45, 7) is 3.26. The Morgan fingerprint density at radius 2 is 2.05 bits per heavy atom. The Balaban J connectivity index is 1.94. The lowest BCUT2D eigenvalue weighted by atomic mass is 9.78. The highest BCUT2D eigenvalue weighted by Crippen LogP contribution is 2.37. The van der Waals surface area contributed by atoms with Crippen LogP contribution in [-0.2, 0) is 11.2 Å². The van der Waals surface area contributed by atoms with Crippen LogP contribution >= 0.6 is 0 Å². The van der Waals surface area contributed by atoms with E-state index in [1.54, 1.807) is 0 Å². The molecule has 0 saturated heterocycles. The van der Waals surface area contributed by atoms with Crippen LogP contribution in [0.5, 0.6) is 0 Å². The molecule has 0 aromatic heterocycles. The summed E-state index contributed by atoms with van der Waals surface area (Å²) < 4.78 is 0. The number of carboxylic acid groups (broad SMARTS) is 1. The van der Waals surface area contributed by atoms with E-state index >= 15 is 0 Å². The normalized spacial score (nSPS) is 29.6. The van der Waals surface area contributed by atoms with Gasteiger partial charge in [0.1, 0.15) is 0 Å². The van der Waals surface area contributed by atoms with Crippen molar-refractivity contribution in [3.63, 3.8) is 0 Å². The van der Waals surface area contributed by atoms with Gasteiger partial charge in [-0.2, -0.15) is 0 Å². The Hall–Kier alpha value is -1.51. The average molecular weight is 287 g/mol. The Morgan fingerprint density at radius 1 is 1.24 bits per heavy atom. The molecule has 1 aliphatic heterocycles. The fourth-order valence-electron chi connectivity index (χ4n) is 4.05. The molecule has 0 spiro atoms. The van der Waals surface area contributed by atoms with Crippen LogP contribution in [0.15, 0.2) is 24.3 Å². The van der Waals surface area contributed by atoms with Gasteiger partial charge in [-0.1, -0.05) is 25.1 Å². The van der Waals surface area contributed by atoms with Gasteiger partial charge in [0.25, 0.3) is 0 Å². The highest BCUT2D eigenvalue weighted by atomic mass is 16.4. The highest BCUT2D eigenvalue weighted by Gasteiger charge is 2.38. The van der Waals surface area contributed by atoms with Gasteiger partial charge >= 0.3 is 5.97 Å². The monoisotopic (exact) mass is 287 g/mol. The second-order valence-corrected chi connectivity index (χ2v) is 6.71. The molecule has 1 fully saturated rings. The number of carbonyl (C=O) groups is 1. The summed E-state index contributed by atoms with van der Waals surface area (Å²) in [4.78, 5) is 14.1. The van der Waals surface area contributed by atoms with Crippen molar-refractivity contribution in [2.75, 3.05) is 11.4 Å². The molecular weight excluding hydrogens is 262 g/mol. The van der Waals surface area contributed by atoms with Crippen molar-refractivity contribution in [3.05, 3.63) is 29.8 Å². The maximum atomic E-state index is 11.7. The number of carboxylic acids is 1. The number of anilines is 1. The smallest absolute Gasteiger partial charge is 0.308 e. The van der Waals surface area contributed by atoms with Crippen LogP contribution in [0.25, 0.3) is 0 Å². The third-order valence-electron chi connectivity index (χ3n) is 5.19. The van der Waals surface area contributed by atoms with Crippen molar-refractivity contribution in [1.82, 2.24) is 0 Å². The molecule has 1 aliphatic carbocycles. The number of fused-ring (bicyclic) bond motifs is 1. The summed E-state index contributed by atoms with van der Waals surface area (Å²) in [5, 5.41) is 9.62. The second-order valence-electron chi connectivity index (χ2n) is 6.71. The van der Waals surface area contributed by atoms with E-state index in [1.807, 2.05) is 0 Å². The van der Waals surface area contributed by atoms with Crippen LogP contribution in [0, 0.1) is 11.8 Å². The van der Waals surface area contributed by atoms with Crippen LogP contribution in [0.1, 0.15) is 44.6 Å². The van der Waals surface area contributed by atoms with Crippen LogP contribution < -0.4 is 4.90 Å². The van der Waals surface area contributed by atoms with Crippen molar-refractivity contribution < 1.29 is 9.90 Å². The molecule has 0 bridgehead atoms. The van der Waals surface area contributed by atoms with Crippen LogP contribution in [0.2, 0.25) is 0 Å². The highest BCUT2D eigenvalue weighted by molar-refractivity contribution is 5.72. The maximum Gasteiger partial charge on any atom is 0.308 e. The summed E-state index contributed by atoms with van der Waals surface area (Å²) >= 11 is 0. The third kappa shape index (κ3) is 2.92. The summed E-state index contributed by atoms with van der Waals surface area (Å²) in [5.74, 6) is -0.206. The van der Waals surface area contributed by atoms with Crippen molar-refractivity contribution in [3.8, 4) is 0 Å². The fraction of sp³-hybridized carbons (Fsp3) is 0.611. The topological polar surface area (TPSA) is 40.5 Å². The van der Waals surface area contributed by atoms with Gasteiger partial charge in [0.05, 0.1) is 5.92 Å². The molecule has 2 aliphatic rings. The number of aryl methyl sites for hydroxylation is 1. The van der Waals surface area contributed by atoms with E-state index in [0.717, 1.165) is 38.6 Å². The number of nitrogens with zero attached hydrogens (tertiary/aromatic N) is 1. The van der Waals surface area contributed by atoms with Gasteiger partial charge in [-0.05, 0) is 56.1 Å². The first kappa shape index (κ1) is 14.4. The van der Waals surface area contributed by atoms with Crippen molar-refractivity contribution >= 4 is 11.7 Å². The maximum absolute atomic E-state index is 11.7. The molecule has 3 nitrogen and oxygen atoms in total. The molecule has 3 rings (SSSR count). The van der Waals surface area contributed by atoms with Gasteiger partial charge in [-0.25, -0.2) is 0 Å². The Kier molecular flexibility index (Phi) is 4.18. The molecule has 0 amide bonds. The minimum Gasteiger partial charge on any atom is -0.481 e. The van der Waals surface area contributed by atoms with Crippen LogP contribution in [-0.4, -0.2) is 23.7 Å². The van der Waals surface area contributed by atoms with Gasteiger partial charge in [0.15, 0.2) is 0 Å². The lowest BCUT2D eigenvalue weighted by Crippen LogP contribution is -2.47. The largest absolute Gasteiger partial charge is 0.481 e. The lowest BCUT2D eigenvalue weighted by Gasteiger charge is -2.42. The molecule has 1 aromatic carbocycles. The zero-order valence-electron chi connectivity index (χ0n) is 12.8. The molecule has 21 heavy (non-hydrogen) atoms. The Labute approximate surface area is 127 Å². The average Bonchev–Trinajstić information content (AvgIpc) is 2.69. The third-order valence-corrected chi connectivity index (χ3v) is 5.19. The van der Waals surface area contributed by atoms with E-state index in [9.17, 15) is 9.90 Å². The number of hydrogen-bond acceptors (Lipinski definition) is 2. The van der Waals surface area contributed by atoms with E-state index in [2.05, 4.69) is 36.1 Å². The number of aliphatic carboxylic acids is 1. The minimum atomic E-state index is -0.617. The van der Waals surface area contributed by atoms with E-state index < -0.39 is 5.97 Å². The molecule has 0 radical (unpaired) electrons. The van der Waals surface area contributed by atoms with E-state index in [-0.39, 0.29) is 12.0 Å².